The fourth-order valence-electron chi connectivity index (χ4n) is 1.78. The Morgan fingerprint density at radius 3 is 2.68 bits per heavy atom. The zero-order valence-electron chi connectivity index (χ0n) is 10.3. The molecule has 0 aliphatic carbocycles. The van der Waals surface area contributed by atoms with Crippen LogP contribution in [0.2, 0.25) is 0 Å². The van der Waals surface area contributed by atoms with E-state index in [2.05, 4.69) is 26.2 Å². The van der Waals surface area contributed by atoms with Crippen LogP contribution in [0.15, 0.2) is 51.9 Å². The molecule has 98 valence electrons. The summed E-state index contributed by atoms with van der Waals surface area (Å²) < 4.78 is 0.921. The topological polar surface area (TPSA) is 62.0 Å². The number of carbonyl (C=O) groups excluding carboxylic acids is 1. The third-order valence-electron chi connectivity index (χ3n) is 2.78. The number of hydrogen-bond acceptors (Lipinski definition) is 2. The van der Waals surface area contributed by atoms with Crippen molar-refractivity contribution in [2.24, 2.45) is 0 Å². The Balaban J connectivity index is 2.18. The summed E-state index contributed by atoms with van der Waals surface area (Å²) in [5.41, 5.74) is 0.684. The molecule has 0 fully saturated rings. The molecule has 5 heteroatoms. The Labute approximate surface area is 119 Å². The van der Waals surface area contributed by atoms with E-state index >= 15 is 0 Å². The second-order valence-electron chi connectivity index (χ2n) is 4.13. The quantitative estimate of drug-likeness (QED) is 0.913. The van der Waals surface area contributed by atoms with Crippen molar-refractivity contribution in [1.82, 2.24) is 10.3 Å². The normalized spacial score (nSPS) is 11.9. The van der Waals surface area contributed by atoms with Crippen LogP contribution in [-0.2, 0) is 0 Å². The summed E-state index contributed by atoms with van der Waals surface area (Å²) in [5.74, 6) is -0.384. The van der Waals surface area contributed by atoms with E-state index in [-0.39, 0.29) is 23.1 Å². The van der Waals surface area contributed by atoms with Crippen LogP contribution < -0.4 is 10.9 Å². The molecule has 4 nitrogen and oxygen atoms in total. The highest BCUT2D eigenvalue weighted by molar-refractivity contribution is 9.10. The SMILES string of the molecule is CC(NC(=O)c1ccc[nH]c1=O)c1ccccc1Br. The number of H-pyrrole nitrogens is 1. The van der Waals surface area contributed by atoms with Crippen molar-refractivity contribution in [3.63, 3.8) is 0 Å². The predicted molar refractivity (Wildman–Crippen MR) is 77.1 cm³/mol. The first-order valence-electron chi connectivity index (χ1n) is 5.82. The van der Waals surface area contributed by atoms with Gasteiger partial charge in [0.25, 0.3) is 11.5 Å². The number of benzene rings is 1. The summed E-state index contributed by atoms with van der Waals surface area (Å²) >= 11 is 3.44. The zero-order chi connectivity index (χ0) is 13.8. The minimum atomic E-state index is -0.390. The molecule has 1 atom stereocenters. The minimum Gasteiger partial charge on any atom is -0.345 e. The van der Waals surface area contributed by atoms with Crippen molar-refractivity contribution in [3.8, 4) is 0 Å². The van der Waals surface area contributed by atoms with E-state index in [4.69, 9.17) is 0 Å². The van der Waals surface area contributed by atoms with E-state index in [0.717, 1.165) is 10.0 Å². The van der Waals surface area contributed by atoms with E-state index in [1.54, 1.807) is 6.07 Å². The highest BCUT2D eigenvalue weighted by Gasteiger charge is 2.15. The summed E-state index contributed by atoms with van der Waals surface area (Å²) in [6, 6.07) is 10.6. The van der Waals surface area contributed by atoms with Crippen molar-refractivity contribution in [2.75, 3.05) is 0 Å². The van der Waals surface area contributed by atoms with Gasteiger partial charge in [-0.05, 0) is 30.7 Å². The lowest BCUT2D eigenvalue weighted by Gasteiger charge is -2.15. The van der Waals surface area contributed by atoms with Gasteiger partial charge in [0.2, 0.25) is 0 Å². The average molecular weight is 321 g/mol. The van der Waals surface area contributed by atoms with Gasteiger partial charge in [-0.2, -0.15) is 0 Å². The van der Waals surface area contributed by atoms with Gasteiger partial charge in [-0.15, -0.1) is 0 Å². The van der Waals surface area contributed by atoms with Crippen LogP contribution in [0.25, 0.3) is 0 Å². The van der Waals surface area contributed by atoms with Crippen LogP contribution in [-0.4, -0.2) is 10.9 Å². The third kappa shape index (κ3) is 3.12. The Morgan fingerprint density at radius 1 is 1.26 bits per heavy atom. The predicted octanol–water partition coefficient (Wildman–Crippen LogP) is 2.63. The van der Waals surface area contributed by atoms with Gasteiger partial charge in [-0.1, -0.05) is 34.1 Å². The third-order valence-corrected chi connectivity index (χ3v) is 3.50. The molecule has 1 unspecified atom stereocenters. The van der Waals surface area contributed by atoms with Gasteiger partial charge in [-0.25, -0.2) is 0 Å². The number of aromatic nitrogens is 1. The zero-order valence-corrected chi connectivity index (χ0v) is 11.9. The molecule has 0 radical (unpaired) electrons. The number of amides is 1. The van der Waals surface area contributed by atoms with Crippen LogP contribution in [0.5, 0.6) is 0 Å². The Morgan fingerprint density at radius 2 is 2.00 bits per heavy atom. The van der Waals surface area contributed by atoms with E-state index in [1.807, 2.05) is 31.2 Å². The van der Waals surface area contributed by atoms with Crippen LogP contribution in [0.4, 0.5) is 0 Å². The van der Waals surface area contributed by atoms with Gasteiger partial charge in [0.05, 0.1) is 6.04 Å². The highest BCUT2D eigenvalue weighted by Crippen LogP contribution is 2.22. The number of aromatic amines is 1. The van der Waals surface area contributed by atoms with Crippen molar-refractivity contribution in [1.29, 1.82) is 0 Å². The van der Waals surface area contributed by atoms with E-state index in [0.29, 0.717) is 0 Å². The molecular weight excluding hydrogens is 308 g/mol. The molecule has 1 amide bonds. The standard InChI is InChI=1S/C14H13BrN2O2/c1-9(10-5-2-3-7-12(10)15)17-14(19)11-6-4-8-16-13(11)18/h2-9H,1H3,(H,16,18)(H,17,19). The number of hydrogen-bond donors (Lipinski definition) is 2. The molecule has 0 aliphatic rings. The maximum Gasteiger partial charge on any atom is 0.260 e. The van der Waals surface area contributed by atoms with Crippen molar-refractivity contribution in [2.45, 2.75) is 13.0 Å². The summed E-state index contributed by atoms with van der Waals surface area (Å²) in [6.45, 7) is 1.87. The number of nitrogens with one attached hydrogen (secondary N) is 2. The van der Waals surface area contributed by atoms with E-state index in [1.165, 1.54) is 12.3 Å². The number of halogens is 1. The summed E-state index contributed by atoms with van der Waals surface area (Å²) in [4.78, 5) is 26.0. The maximum atomic E-state index is 12.0. The lowest BCUT2D eigenvalue weighted by atomic mass is 10.1. The Kier molecular flexibility index (Phi) is 4.16. The first kappa shape index (κ1) is 13.5. The number of pyridine rings is 1. The molecule has 0 spiro atoms. The van der Waals surface area contributed by atoms with Crippen LogP contribution in [0, 0.1) is 0 Å². The van der Waals surface area contributed by atoms with Gasteiger partial charge >= 0.3 is 0 Å². The van der Waals surface area contributed by atoms with E-state index < -0.39 is 0 Å². The number of carbonyl (C=O) groups is 1. The molecule has 19 heavy (non-hydrogen) atoms. The highest BCUT2D eigenvalue weighted by atomic mass is 79.9. The van der Waals surface area contributed by atoms with Gasteiger partial charge < -0.3 is 10.3 Å². The molecule has 0 saturated heterocycles. The van der Waals surface area contributed by atoms with Crippen LogP contribution in [0.3, 0.4) is 0 Å². The fraction of sp³-hybridized carbons (Fsp3) is 0.143. The van der Waals surface area contributed by atoms with Gasteiger partial charge in [-0.3, -0.25) is 9.59 Å². The van der Waals surface area contributed by atoms with Crippen LogP contribution >= 0.6 is 15.9 Å². The molecule has 2 aromatic rings. The molecule has 1 aromatic carbocycles. The summed E-state index contributed by atoms with van der Waals surface area (Å²) in [7, 11) is 0. The first-order valence-corrected chi connectivity index (χ1v) is 6.62. The maximum absolute atomic E-state index is 12.0. The molecular formula is C14H13BrN2O2. The summed E-state index contributed by atoms with van der Waals surface area (Å²) in [5, 5.41) is 2.81. The lowest BCUT2D eigenvalue weighted by molar-refractivity contribution is 0.0938. The molecule has 0 saturated carbocycles. The molecule has 2 rings (SSSR count). The monoisotopic (exact) mass is 320 g/mol. The molecule has 0 bridgehead atoms. The minimum absolute atomic E-state index is 0.112. The fourth-order valence-corrected chi connectivity index (χ4v) is 2.41. The Bertz CT molecular complexity index is 652. The molecule has 1 heterocycles. The van der Waals surface area contributed by atoms with Gasteiger partial charge in [0.1, 0.15) is 5.56 Å². The molecule has 0 aliphatic heterocycles. The second kappa shape index (κ2) is 5.84. The van der Waals surface area contributed by atoms with Gasteiger partial charge in [0, 0.05) is 10.7 Å². The van der Waals surface area contributed by atoms with Crippen LogP contribution in [0.1, 0.15) is 28.9 Å². The molecule has 1 aromatic heterocycles. The van der Waals surface area contributed by atoms with Crippen molar-refractivity contribution >= 4 is 21.8 Å². The number of rotatable bonds is 3. The Hall–Kier alpha value is -1.88. The molecule has 2 N–H and O–H groups in total. The first-order chi connectivity index (χ1) is 9.09. The lowest BCUT2D eigenvalue weighted by Crippen LogP contribution is -2.31. The average Bonchev–Trinajstić information content (AvgIpc) is 2.39. The largest absolute Gasteiger partial charge is 0.345 e. The van der Waals surface area contributed by atoms with Crippen molar-refractivity contribution in [3.05, 3.63) is 68.5 Å². The van der Waals surface area contributed by atoms with Crippen molar-refractivity contribution < 1.29 is 4.79 Å². The van der Waals surface area contributed by atoms with Gasteiger partial charge in [0.15, 0.2) is 0 Å². The second-order valence-corrected chi connectivity index (χ2v) is 4.98. The van der Waals surface area contributed by atoms with E-state index in [9.17, 15) is 9.59 Å². The summed E-state index contributed by atoms with van der Waals surface area (Å²) in [6.07, 6.45) is 1.50. The smallest absolute Gasteiger partial charge is 0.260 e.